The lowest BCUT2D eigenvalue weighted by Gasteiger charge is -1.94. The van der Waals surface area contributed by atoms with Gasteiger partial charge in [-0.2, -0.15) is 0 Å². The van der Waals surface area contributed by atoms with Gasteiger partial charge in [-0.05, 0) is 35.9 Å². The van der Waals surface area contributed by atoms with Crippen LogP contribution in [0.3, 0.4) is 0 Å². The Labute approximate surface area is 81.3 Å². The van der Waals surface area contributed by atoms with Gasteiger partial charge in [0.15, 0.2) is 0 Å². The number of unbranched alkanes of at least 4 members (excludes halogenated alkanes) is 1. The molecule has 0 atom stereocenters. The largest absolute Gasteiger partial charge is 0.468 e. The lowest BCUT2D eigenvalue weighted by atomic mass is 10.2. The summed E-state index contributed by atoms with van der Waals surface area (Å²) in [5.41, 5.74) is 1.26. The van der Waals surface area contributed by atoms with Gasteiger partial charge < -0.3 is 4.42 Å². The quantitative estimate of drug-likeness (QED) is 0.761. The molecule has 62 valence electrons. The van der Waals surface area contributed by atoms with Gasteiger partial charge in [0.05, 0.1) is 9.83 Å². The molecule has 1 rings (SSSR count). The Morgan fingerprint density at radius 3 is 2.73 bits per heavy atom. The minimum Gasteiger partial charge on any atom is -0.468 e. The van der Waals surface area contributed by atoms with Crippen molar-refractivity contribution in [3.63, 3.8) is 0 Å². The van der Waals surface area contributed by atoms with E-state index < -0.39 is 0 Å². The first-order valence-electron chi connectivity index (χ1n) is 3.98. The molecule has 0 saturated carbocycles. The van der Waals surface area contributed by atoms with Gasteiger partial charge in [-0.1, -0.05) is 13.3 Å². The van der Waals surface area contributed by atoms with Gasteiger partial charge in [0, 0.05) is 12.0 Å². The Morgan fingerprint density at radius 2 is 2.27 bits per heavy atom. The van der Waals surface area contributed by atoms with Gasteiger partial charge in [-0.15, -0.1) is 0 Å². The number of rotatable bonds is 3. The van der Waals surface area contributed by atoms with Crippen molar-refractivity contribution in [2.45, 2.75) is 33.1 Å². The Hall–Kier alpha value is 0.01000. The van der Waals surface area contributed by atoms with Gasteiger partial charge in [0.2, 0.25) is 0 Å². The summed E-state index contributed by atoms with van der Waals surface area (Å²) in [5, 5.41) is 0. The molecule has 0 aromatic carbocycles. The van der Waals surface area contributed by atoms with Gasteiger partial charge in [-0.3, -0.25) is 0 Å². The lowest BCUT2D eigenvalue weighted by molar-refractivity contribution is 0.497. The highest BCUT2D eigenvalue weighted by molar-refractivity contribution is 14.1. The molecule has 0 aliphatic heterocycles. The van der Waals surface area contributed by atoms with Crippen LogP contribution in [0.25, 0.3) is 0 Å². The van der Waals surface area contributed by atoms with Gasteiger partial charge in [-0.25, -0.2) is 0 Å². The molecule has 0 fully saturated rings. The molecule has 2 heteroatoms. The first-order chi connectivity index (χ1) is 5.25. The molecule has 0 saturated heterocycles. The van der Waals surface area contributed by atoms with Crippen molar-refractivity contribution in [2.75, 3.05) is 0 Å². The molecule has 0 aliphatic rings. The Bertz CT molecular complexity index is 227. The highest BCUT2D eigenvalue weighted by Crippen LogP contribution is 2.20. The predicted molar refractivity (Wildman–Crippen MR) is 54.8 cm³/mol. The molecule has 0 unspecified atom stereocenters. The maximum atomic E-state index is 5.39. The third-order valence-electron chi connectivity index (χ3n) is 1.73. The molecular formula is C9H13IO. The van der Waals surface area contributed by atoms with Crippen LogP contribution in [-0.2, 0) is 6.42 Å². The summed E-state index contributed by atoms with van der Waals surface area (Å²) in [4.78, 5) is 0. The number of halogens is 1. The summed E-state index contributed by atoms with van der Waals surface area (Å²) < 4.78 is 6.69. The molecule has 0 bridgehead atoms. The number of hydrogen-bond donors (Lipinski definition) is 0. The summed E-state index contributed by atoms with van der Waals surface area (Å²) >= 11 is 2.35. The molecule has 0 N–H and O–H groups in total. The van der Waals surface area contributed by atoms with Crippen molar-refractivity contribution in [1.82, 2.24) is 0 Å². The molecule has 1 nitrogen and oxygen atoms in total. The fourth-order valence-corrected chi connectivity index (χ4v) is 1.51. The summed E-state index contributed by atoms with van der Waals surface area (Å²) in [6.07, 6.45) is 5.38. The van der Waals surface area contributed by atoms with E-state index in [4.69, 9.17) is 4.42 Å². The molecule has 11 heavy (non-hydrogen) atoms. The van der Waals surface area contributed by atoms with Crippen LogP contribution in [0.2, 0.25) is 0 Å². The van der Waals surface area contributed by atoms with E-state index in [-0.39, 0.29) is 0 Å². The molecular weight excluding hydrogens is 251 g/mol. The van der Waals surface area contributed by atoms with Crippen LogP contribution >= 0.6 is 22.6 Å². The van der Waals surface area contributed by atoms with Crippen LogP contribution in [0.5, 0.6) is 0 Å². The summed E-state index contributed by atoms with van der Waals surface area (Å²) in [7, 11) is 0. The minimum absolute atomic E-state index is 1.09. The second kappa shape index (κ2) is 4.14. The summed E-state index contributed by atoms with van der Waals surface area (Å²) in [5.74, 6) is 1.16. The Morgan fingerprint density at radius 1 is 1.55 bits per heavy atom. The van der Waals surface area contributed by atoms with E-state index in [2.05, 4.69) is 36.4 Å². The molecule has 0 spiro atoms. The fourth-order valence-electron chi connectivity index (χ4n) is 0.989. The maximum Gasteiger partial charge on any atom is 0.117 e. The maximum absolute atomic E-state index is 5.39. The zero-order chi connectivity index (χ0) is 8.27. The van der Waals surface area contributed by atoms with Crippen molar-refractivity contribution in [3.8, 4) is 0 Å². The molecule has 1 heterocycles. The van der Waals surface area contributed by atoms with Gasteiger partial charge >= 0.3 is 0 Å². The van der Waals surface area contributed by atoms with E-state index in [1.807, 2.05) is 6.26 Å². The summed E-state index contributed by atoms with van der Waals surface area (Å²) in [6.45, 7) is 4.28. The standard InChI is InChI=1S/C9H13IO/c1-3-4-5-8-9(10)7(2)6-11-8/h6H,3-5H2,1-2H3. The van der Waals surface area contributed by atoms with E-state index in [1.54, 1.807) is 0 Å². The second-order valence-corrected chi connectivity index (χ2v) is 3.84. The van der Waals surface area contributed by atoms with Crippen molar-refractivity contribution < 1.29 is 4.42 Å². The minimum atomic E-state index is 1.09. The molecule has 0 radical (unpaired) electrons. The van der Waals surface area contributed by atoms with Crippen molar-refractivity contribution >= 4 is 22.6 Å². The van der Waals surface area contributed by atoms with Crippen LogP contribution in [0, 0.1) is 10.5 Å². The van der Waals surface area contributed by atoms with E-state index in [1.165, 1.54) is 22.0 Å². The van der Waals surface area contributed by atoms with Gasteiger partial charge in [0.1, 0.15) is 5.76 Å². The average Bonchev–Trinajstić information content (AvgIpc) is 2.31. The van der Waals surface area contributed by atoms with Crippen molar-refractivity contribution in [3.05, 3.63) is 21.2 Å². The predicted octanol–water partition coefficient (Wildman–Crippen LogP) is 3.54. The van der Waals surface area contributed by atoms with Crippen molar-refractivity contribution in [2.24, 2.45) is 0 Å². The van der Waals surface area contributed by atoms with Crippen LogP contribution in [-0.4, -0.2) is 0 Å². The van der Waals surface area contributed by atoms with E-state index in [0.29, 0.717) is 0 Å². The zero-order valence-corrected chi connectivity index (χ0v) is 9.14. The Balaban J connectivity index is 2.63. The lowest BCUT2D eigenvalue weighted by Crippen LogP contribution is -1.84. The second-order valence-electron chi connectivity index (χ2n) is 2.76. The third-order valence-corrected chi connectivity index (χ3v) is 3.18. The third kappa shape index (κ3) is 2.22. The molecule has 1 aromatic rings. The molecule has 0 amide bonds. The molecule has 0 aliphatic carbocycles. The van der Waals surface area contributed by atoms with Crippen LogP contribution < -0.4 is 0 Å². The molecule has 1 aromatic heterocycles. The first-order valence-corrected chi connectivity index (χ1v) is 5.06. The number of hydrogen-bond acceptors (Lipinski definition) is 1. The van der Waals surface area contributed by atoms with E-state index >= 15 is 0 Å². The Kier molecular flexibility index (Phi) is 3.43. The SMILES string of the molecule is CCCCc1occ(C)c1I. The highest BCUT2D eigenvalue weighted by Gasteiger charge is 2.05. The zero-order valence-electron chi connectivity index (χ0n) is 6.98. The topological polar surface area (TPSA) is 13.1 Å². The fraction of sp³-hybridized carbons (Fsp3) is 0.556. The highest BCUT2D eigenvalue weighted by atomic mass is 127. The van der Waals surface area contributed by atoms with Crippen LogP contribution in [0.4, 0.5) is 0 Å². The van der Waals surface area contributed by atoms with Crippen LogP contribution in [0.1, 0.15) is 31.1 Å². The van der Waals surface area contributed by atoms with E-state index in [0.717, 1.165) is 12.2 Å². The van der Waals surface area contributed by atoms with Crippen molar-refractivity contribution in [1.29, 1.82) is 0 Å². The smallest absolute Gasteiger partial charge is 0.117 e. The number of aryl methyl sites for hydroxylation is 2. The first kappa shape index (κ1) is 9.10. The van der Waals surface area contributed by atoms with E-state index in [9.17, 15) is 0 Å². The monoisotopic (exact) mass is 264 g/mol. The summed E-state index contributed by atoms with van der Waals surface area (Å²) in [6, 6.07) is 0. The normalized spacial score (nSPS) is 10.5. The average molecular weight is 264 g/mol. The number of furan rings is 1. The van der Waals surface area contributed by atoms with Crippen LogP contribution in [0.15, 0.2) is 10.7 Å². The van der Waals surface area contributed by atoms with Gasteiger partial charge in [0.25, 0.3) is 0 Å².